The van der Waals surface area contributed by atoms with Crippen LogP contribution >= 0.6 is 0 Å². The number of hydrogen-bond donors (Lipinski definition) is 1. The third-order valence-corrected chi connectivity index (χ3v) is 10.5. The number of aromatic hydroxyl groups is 1. The van der Waals surface area contributed by atoms with E-state index < -0.39 is 5.41 Å². The van der Waals surface area contributed by atoms with Gasteiger partial charge in [-0.1, -0.05) is 110 Å². The molecular formula is C44H35N3O. The van der Waals surface area contributed by atoms with Crippen molar-refractivity contribution in [2.45, 2.75) is 43.4 Å². The molecular weight excluding hydrogens is 587 g/mol. The number of phenols is 1. The highest BCUT2D eigenvalue weighted by molar-refractivity contribution is 5.87. The maximum atomic E-state index is 10.9. The Hall–Kier alpha value is -5.61. The average molecular weight is 622 g/mol. The van der Waals surface area contributed by atoms with Gasteiger partial charge in [-0.25, -0.2) is 9.97 Å². The highest BCUT2D eigenvalue weighted by atomic mass is 16.3. The van der Waals surface area contributed by atoms with Crippen LogP contribution in [0.4, 0.5) is 0 Å². The van der Waals surface area contributed by atoms with Crippen molar-refractivity contribution in [2.75, 3.05) is 0 Å². The molecule has 5 aromatic carbocycles. The lowest BCUT2D eigenvalue weighted by molar-refractivity contribution is 0.443. The van der Waals surface area contributed by atoms with Crippen molar-refractivity contribution < 1.29 is 5.11 Å². The van der Waals surface area contributed by atoms with E-state index in [0.29, 0.717) is 5.92 Å². The van der Waals surface area contributed by atoms with Gasteiger partial charge in [-0.15, -0.1) is 0 Å². The standard InChI is InChI=1S/C44H35N3O/c48-41-23-11-7-18-36(41)40-22-12-24-42(46-40)44(37-19-8-5-16-34(37)35-17-6-9-20-38(35)44)33-26-31(29-13-2-1-3-14-29)25-32(27-33)43-45-28-30-15-4-10-21-39(30)47-43/h4-12,15-29,48H,1-3,13-14H2. The van der Waals surface area contributed by atoms with E-state index in [1.54, 1.807) is 6.07 Å². The Balaban J connectivity index is 1.36. The van der Waals surface area contributed by atoms with Crippen molar-refractivity contribution in [3.05, 3.63) is 168 Å². The van der Waals surface area contributed by atoms with Crippen molar-refractivity contribution in [1.82, 2.24) is 15.0 Å². The highest BCUT2D eigenvalue weighted by Gasteiger charge is 2.47. The zero-order valence-corrected chi connectivity index (χ0v) is 26.7. The van der Waals surface area contributed by atoms with Crippen molar-refractivity contribution in [3.8, 4) is 39.5 Å². The normalized spacial score (nSPS) is 15.2. The topological polar surface area (TPSA) is 58.9 Å². The molecule has 7 aromatic rings. The second-order valence-corrected chi connectivity index (χ2v) is 13.2. The molecule has 4 nitrogen and oxygen atoms in total. The van der Waals surface area contributed by atoms with E-state index in [2.05, 4.69) is 91.0 Å². The molecule has 0 atom stereocenters. The molecule has 2 aliphatic carbocycles. The molecule has 0 saturated heterocycles. The molecule has 9 rings (SSSR count). The predicted octanol–water partition coefficient (Wildman–Crippen LogP) is 10.5. The van der Waals surface area contributed by atoms with Crippen molar-refractivity contribution >= 4 is 10.9 Å². The third-order valence-electron chi connectivity index (χ3n) is 10.5. The summed E-state index contributed by atoms with van der Waals surface area (Å²) in [5.74, 6) is 1.43. The van der Waals surface area contributed by atoms with Gasteiger partial charge in [0.1, 0.15) is 5.75 Å². The van der Waals surface area contributed by atoms with Gasteiger partial charge in [0.25, 0.3) is 0 Å². The van der Waals surface area contributed by atoms with Crippen LogP contribution in [0.3, 0.4) is 0 Å². The van der Waals surface area contributed by atoms with Gasteiger partial charge >= 0.3 is 0 Å². The summed E-state index contributed by atoms with van der Waals surface area (Å²) in [6.07, 6.45) is 8.10. The Kier molecular flexibility index (Phi) is 6.89. The largest absolute Gasteiger partial charge is 0.507 e. The Morgan fingerprint density at radius 3 is 2.06 bits per heavy atom. The minimum Gasteiger partial charge on any atom is -0.507 e. The molecule has 1 saturated carbocycles. The number of hydrogen-bond acceptors (Lipinski definition) is 4. The van der Waals surface area contributed by atoms with E-state index in [9.17, 15) is 5.11 Å². The second-order valence-electron chi connectivity index (χ2n) is 13.2. The molecule has 0 unspecified atom stereocenters. The number of phenolic OH excluding ortho intramolecular Hbond substituents is 1. The van der Waals surface area contributed by atoms with Gasteiger partial charge in [0, 0.05) is 22.7 Å². The van der Waals surface area contributed by atoms with Gasteiger partial charge in [0.05, 0.1) is 22.3 Å². The molecule has 48 heavy (non-hydrogen) atoms. The summed E-state index contributed by atoms with van der Waals surface area (Å²) in [5, 5.41) is 11.9. The summed E-state index contributed by atoms with van der Waals surface area (Å²) < 4.78 is 0. The molecule has 1 N–H and O–H groups in total. The van der Waals surface area contributed by atoms with Gasteiger partial charge in [-0.2, -0.15) is 0 Å². The van der Waals surface area contributed by atoms with Gasteiger partial charge in [0.2, 0.25) is 0 Å². The summed E-state index contributed by atoms with van der Waals surface area (Å²) in [6, 6.07) is 46.5. The number of benzene rings is 5. The fourth-order valence-corrected chi connectivity index (χ4v) is 8.23. The SMILES string of the molecule is Oc1ccccc1-c1cccc(C2(c3cc(-c4ncc5ccccc5n4)cc(C4CCCCC4)c3)c3ccccc3-c3ccccc32)n1. The lowest BCUT2D eigenvalue weighted by Crippen LogP contribution is -2.30. The maximum Gasteiger partial charge on any atom is 0.159 e. The molecule has 2 aromatic heterocycles. The van der Waals surface area contributed by atoms with E-state index in [1.165, 1.54) is 59.9 Å². The maximum absolute atomic E-state index is 10.9. The molecule has 2 aliphatic rings. The van der Waals surface area contributed by atoms with Crippen LogP contribution < -0.4 is 0 Å². The van der Waals surface area contributed by atoms with Crippen molar-refractivity contribution in [1.29, 1.82) is 0 Å². The van der Waals surface area contributed by atoms with E-state index >= 15 is 0 Å². The molecule has 0 aliphatic heterocycles. The van der Waals surface area contributed by atoms with E-state index in [0.717, 1.165) is 44.8 Å². The van der Waals surface area contributed by atoms with E-state index in [-0.39, 0.29) is 5.75 Å². The Bertz CT molecular complexity index is 2270. The Morgan fingerprint density at radius 2 is 1.29 bits per heavy atom. The second kappa shape index (κ2) is 11.6. The smallest absolute Gasteiger partial charge is 0.159 e. The molecule has 2 heterocycles. The lowest BCUT2D eigenvalue weighted by atomic mass is 9.68. The van der Waals surface area contributed by atoms with Crippen LogP contribution in [0.5, 0.6) is 5.75 Å². The van der Waals surface area contributed by atoms with Crippen LogP contribution in [0, 0.1) is 0 Å². The van der Waals surface area contributed by atoms with E-state index in [4.69, 9.17) is 15.0 Å². The number of aromatic nitrogens is 3. The molecule has 0 amide bonds. The molecule has 232 valence electrons. The first kappa shape index (κ1) is 28.6. The zero-order valence-electron chi connectivity index (χ0n) is 26.7. The van der Waals surface area contributed by atoms with Gasteiger partial charge < -0.3 is 5.11 Å². The molecule has 0 bridgehead atoms. The van der Waals surface area contributed by atoms with Crippen molar-refractivity contribution in [3.63, 3.8) is 0 Å². The number of para-hydroxylation sites is 2. The Morgan fingerprint density at radius 1 is 0.604 bits per heavy atom. The fourth-order valence-electron chi connectivity index (χ4n) is 8.23. The quantitative estimate of drug-likeness (QED) is 0.208. The summed E-state index contributed by atoms with van der Waals surface area (Å²) >= 11 is 0. The summed E-state index contributed by atoms with van der Waals surface area (Å²) in [5.41, 5.74) is 11.0. The molecule has 4 heteroatoms. The number of fused-ring (bicyclic) bond motifs is 4. The summed E-state index contributed by atoms with van der Waals surface area (Å²) in [6.45, 7) is 0. The average Bonchev–Trinajstić information content (AvgIpc) is 3.46. The van der Waals surface area contributed by atoms with Crippen LogP contribution in [0.1, 0.15) is 66.0 Å². The van der Waals surface area contributed by atoms with Crippen LogP contribution in [0.25, 0.3) is 44.7 Å². The van der Waals surface area contributed by atoms with Crippen molar-refractivity contribution in [2.24, 2.45) is 0 Å². The Labute approximate surface area is 280 Å². The van der Waals surface area contributed by atoms with Crippen LogP contribution in [-0.2, 0) is 5.41 Å². The first-order valence-corrected chi connectivity index (χ1v) is 17.0. The fraction of sp³-hybridized carbons (Fsp3) is 0.159. The minimum absolute atomic E-state index is 0.221. The highest BCUT2D eigenvalue weighted by Crippen LogP contribution is 2.56. The van der Waals surface area contributed by atoms with Crippen LogP contribution in [0.2, 0.25) is 0 Å². The van der Waals surface area contributed by atoms with Gasteiger partial charge in [-0.05, 0) is 94.6 Å². The number of rotatable bonds is 5. The van der Waals surface area contributed by atoms with Gasteiger partial charge in [-0.3, -0.25) is 4.98 Å². The zero-order chi connectivity index (χ0) is 32.1. The summed E-state index contributed by atoms with van der Waals surface area (Å²) in [4.78, 5) is 15.4. The molecule has 1 fully saturated rings. The third kappa shape index (κ3) is 4.55. The van der Waals surface area contributed by atoms with Gasteiger partial charge in [0.15, 0.2) is 5.82 Å². The first-order valence-electron chi connectivity index (χ1n) is 17.0. The lowest BCUT2D eigenvalue weighted by Gasteiger charge is -2.34. The van der Waals surface area contributed by atoms with E-state index in [1.807, 2.05) is 42.6 Å². The number of pyridine rings is 1. The predicted molar refractivity (Wildman–Crippen MR) is 193 cm³/mol. The van der Waals surface area contributed by atoms with Crippen LogP contribution in [-0.4, -0.2) is 20.1 Å². The molecule has 0 spiro atoms. The first-order chi connectivity index (χ1) is 23.7. The number of nitrogens with zero attached hydrogens (tertiary/aromatic N) is 3. The minimum atomic E-state index is -0.704. The monoisotopic (exact) mass is 621 g/mol. The molecule has 0 radical (unpaired) electrons. The summed E-state index contributed by atoms with van der Waals surface area (Å²) in [7, 11) is 0. The van der Waals surface area contributed by atoms with Crippen LogP contribution in [0.15, 0.2) is 140 Å².